The van der Waals surface area contributed by atoms with E-state index >= 15 is 0 Å². The number of hydrogen-bond acceptors (Lipinski definition) is 5. The standard InChI is InChI=1S/C25H29N3O3/c1-4-30-23-7-5-6-20-22-16-21(19-10-8-17(2)9-11-19)26-28(22)25(31-24(20)23)12-14-27(15-13-25)18(3)29/h5-11,22H,4,12-16H2,1-3H3. The fourth-order valence-corrected chi connectivity index (χ4v) is 4.96. The lowest BCUT2D eigenvalue weighted by molar-refractivity contribution is -0.159. The maximum Gasteiger partial charge on any atom is 0.219 e. The van der Waals surface area contributed by atoms with Crippen molar-refractivity contribution in [1.29, 1.82) is 0 Å². The number of para-hydroxylation sites is 1. The third-order valence-electron chi connectivity index (χ3n) is 6.66. The van der Waals surface area contributed by atoms with Crippen LogP contribution in [0.1, 0.15) is 55.8 Å². The Hall–Kier alpha value is -3.02. The van der Waals surface area contributed by atoms with Crippen LogP contribution in [-0.4, -0.2) is 46.9 Å². The van der Waals surface area contributed by atoms with E-state index in [1.54, 1.807) is 6.92 Å². The summed E-state index contributed by atoms with van der Waals surface area (Å²) in [7, 11) is 0. The first-order valence-electron chi connectivity index (χ1n) is 11.1. The van der Waals surface area contributed by atoms with E-state index < -0.39 is 5.72 Å². The van der Waals surface area contributed by atoms with E-state index in [9.17, 15) is 4.79 Å². The molecule has 1 amide bonds. The van der Waals surface area contributed by atoms with E-state index in [4.69, 9.17) is 14.6 Å². The molecule has 5 rings (SSSR count). The average molecular weight is 420 g/mol. The molecule has 0 saturated carbocycles. The van der Waals surface area contributed by atoms with E-state index in [1.807, 2.05) is 24.0 Å². The van der Waals surface area contributed by atoms with E-state index in [-0.39, 0.29) is 11.9 Å². The van der Waals surface area contributed by atoms with Crippen molar-refractivity contribution in [3.05, 3.63) is 59.2 Å². The average Bonchev–Trinajstić information content (AvgIpc) is 3.22. The fourth-order valence-electron chi connectivity index (χ4n) is 4.96. The van der Waals surface area contributed by atoms with Crippen molar-refractivity contribution in [1.82, 2.24) is 9.91 Å². The smallest absolute Gasteiger partial charge is 0.219 e. The molecule has 1 saturated heterocycles. The van der Waals surface area contributed by atoms with Crippen LogP contribution in [0, 0.1) is 6.92 Å². The van der Waals surface area contributed by atoms with Crippen molar-refractivity contribution >= 4 is 11.6 Å². The van der Waals surface area contributed by atoms with Gasteiger partial charge < -0.3 is 14.4 Å². The predicted molar refractivity (Wildman–Crippen MR) is 119 cm³/mol. The number of ether oxygens (including phenoxy) is 2. The molecule has 1 spiro atoms. The molecule has 0 aromatic heterocycles. The molecule has 0 bridgehead atoms. The second-order valence-electron chi connectivity index (χ2n) is 8.64. The molecule has 1 fully saturated rings. The van der Waals surface area contributed by atoms with Crippen molar-refractivity contribution in [2.24, 2.45) is 5.10 Å². The largest absolute Gasteiger partial charge is 0.490 e. The molecule has 0 N–H and O–H groups in total. The number of aryl methyl sites for hydroxylation is 1. The Kier molecular flexibility index (Phi) is 4.88. The van der Waals surface area contributed by atoms with Crippen LogP contribution >= 0.6 is 0 Å². The fraction of sp³-hybridized carbons (Fsp3) is 0.440. The molecular weight excluding hydrogens is 390 g/mol. The summed E-state index contributed by atoms with van der Waals surface area (Å²) >= 11 is 0. The van der Waals surface area contributed by atoms with Gasteiger partial charge in [-0.05, 0) is 25.5 Å². The molecule has 3 aliphatic rings. The Morgan fingerprint density at radius 1 is 1.19 bits per heavy atom. The lowest BCUT2D eigenvalue weighted by atomic mass is 9.90. The van der Waals surface area contributed by atoms with E-state index in [0.717, 1.165) is 34.8 Å². The second-order valence-corrected chi connectivity index (χ2v) is 8.64. The van der Waals surface area contributed by atoms with Gasteiger partial charge in [-0.25, -0.2) is 5.01 Å². The Morgan fingerprint density at radius 3 is 2.61 bits per heavy atom. The summed E-state index contributed by atoms with van der Waals surface area (Å²) in [6.07, 6.45) is 2.26. The Bertz CT molecular complexity index is 1020. The van der Waals surface area contributed by atoms with Crippen LogP contribution in [0.15, 0.2) is 47.6 Å². The van der Waals surface area contributed by atoms with E-state index in [2.05, 4.69) is 42.3 Å². The minimum absolute atomic E-state index is 0.101. The van der Waals surface area contributed by atoms with Crippen LogP contribution in [0.4, 0.5) is 0 Å². The number of carbonyl (C=O) groups is 1. The number of benzene rings is 2. The van der Waals surface area contributed by atoms with Gasteiger partial charge in [0.15, 0.2) is 11.5 Å². The van der Waals surface area contributed by atoms with Gasteiger partial charge in [-0.3, -0.25) is 4.79 Å². The molecule has 1 unspecified atom stereocenters. The monoisotopic (exact) mass is 419 g/mol. The lowest BCUT2D eigenvalue weighted by Crippen LogP contribution is -2.59. The first-order valence-corrected chi connectivity index (χ1v) is 11.1. The van der Waals surface area contributed by atoms with Crippen molar-refractivity contribution in [2.45, 2.75) is 51.8 Å². The molecule has 162 valence electrons. The molecular formula is C25H29N3O3. The van der Waals surface area contributed by atoms with Crippen molar-refractivity contribution in [3.63, 3.8) is 0 Å². The van der Waals surface area contributed by atoms with Crippen LogP contribution in [-0.2, 0) is 4.79 Å². The molecule has 2 aromatic carbocycles. The zero-order valence-corrected chi connectivity index (χ0v) is 18.4. The number of fused-ring (bicyclic) bond motifs is 4. The van der Waals surface area contributed by atoms with Gasteiger partial charge in [-0.2, -0.15) is 5.10 Å². The van der Waals surface area contributed by atoms with E-state index in [1.165, 1.54) is 5.56 Å². The molecule has 2 aromatic rings. The van der Waals surface area contributed by atoms with Crippen molar-refractivity contribution < 1.29 is 14.3 Å². The number of hydrazone groups is 1. The summed E-state index contributed by atoms with van der Waals surface area (Å²) in [6, 6.07) is 14.8. The zero-order valence-electron chi connectivity index (χ0n) is 18.4. The minimum atomic E-state index is -0.566. The van der Waals surface area contributed by atoms with Crippen molar-refractivity contribution in [3.8, 4) is 11.5 Å². The number of nitrogens with zero attached hydrogens (tertiary/aromatic N) is 3. The molecule has 0 radical (unpaired) electrons. The summed E-state index contributed by atoms with van der Waals surface area (Å²) < 4.78 is 12.7. The quantitative estimate of drug-likeness (QED) is 0.745. The highest BCUT2D eigenvalue weighted by Crippen LogP contribution is 2.52. The lowest BCUT2D eigenvalue weighted by Gasteiger charge is -2.51. The molecule has 3 heterocycles. The van der Waals surface area contributed by atoms with Gasteiger partial charge in [0.2, 0.25) is 11.6 Å². The number of piperidine rings is 1. The summed E-state index contributed by atoms with van der Waals surface area (Å²) in [5.74, 6) is 1.74. The Labute approximate surface area is 183 Å². The predicted octanol–water partition coefficient (Wildman–Crippen LogP) is 4.28. The summed E-state index contributed by atoms with van der Waals surface area (Å²) in [4.78, 5) is 13.8. The number of hydrogen-bond donors (Lipinski definition) is 0. The Balaban J connectivity index is 1.56. The third kappa shape index (κ3) is 3.34. The topological polar surface area (TPSA) is 54.4 Å². The normalized spacial score (nSPS) is 21.3. The SMILES string of the molecule is CCOc1cccc2c1OC1(CCN(C(C)=O)CC1)N1N=C(c3ccc(C)cc3)CC21. The van der Waals surface area contributed by atoms with Gasteiger partial charge in [-0.1, -0.05) is 42.0 Å². The van der Waals surface area contributed by atoms with Gasteiger partial charge in [-0.15, -0.1) is 0 Å². The maximum absolute atomic E-state index is 11.9. The van der Waals surface area contributed by atoms with Crippen LogP contribution in [0.2, 0.25) is 0 Å². The summed E-state index contributed by atoms with van der Waals surface area (Å²) in [5, 5.41) is 7.29. The van der Waals surface area contributed by atoms with Crippen LogP contribution in [0.5, 0.6) is 11.5 Å². The highest BCUT2D eigenvalue weighted by molar-refractivity contribution is 6.02. The molecule has 6 heteroatoms. The van der Waals surface area contributed by atoms with Gasteiger partial charge in [0, 0.05) is 44.8 Å². The summed E-state index contributed by atoms with van der Waals surface area (Å²) in [5.41, 5.74) is 4.03. The number of amides is 1. The Morgan fingerprint density at radius 2 is 1.94 bits per heavy atom. The molecule has 6 nitrogen and oxygen atoms in total. The van der Waals surface area contributed by atoms with E-state index in [0.29, 0.717) is 32.5 Å². The van der Waals surface area contributed by atoms with Crippen LogP contribution in [0.3, 0.4) is 0 Å². The first kappa shape index (κ1) is 19.9. The van der Waals surface area contributed by atoms with Gasteiger partial charge >= 0.3 is 0 Å². The second kappa shape index (κ2) is 7.59. The molecule has 31 heavy (non-hydrogen) atoms. The number of rotatable bonds is 3. The molecule has 1 atom stereocenters. The first-order chi connectivity index (χ1) is 15.0. The van der Waals surface area contributed by atoms with Crippen LogP contribution < -0.4 is 9.47 Å². The zero-order chi connectivity index (χ0) is 21.6. The number of carbonyl (C=O) groups excluding carboxylic acids is 1. The highest BCUT2D eigenvalue weighted by Gasteiger charge is 2.52. The third-order valence-corrected chi connectivity index (χ3v) is 6.66. The molecule has 0 aliphatic carbocycles. The maximum atomic E-state index is 11.9. The van der Waals surface area contributed by atoms with Crippen LogP contribution in [0.25, 0.3) is 0 Å². The van der Waals surface area contributed by atoms with Gasteiger partial charge in [0.1, 0.15) is 0 Å². The minimum Gasteiger partial charge on any atom is -0.490 e. The van der Waals surface area contributed by atoms with Gasteiger partial charge in [0.25, 0.3) is 0 Å². The number of likely N-dealkylation sites (tertiary alicyclic amines) is 1. The van der Waals surface area contributed by atoms with Crippen molar-refractivity contribution in [2.75, 3.05) is 19.7 Å². The summed E-state index contributed by atoms with van der Waals surface area (Å²) in [6.45, 7) is 7.64. The van der Waals surface area contributed by atoms with Gasteiger partial charge in [0.05, 0.1) is 18.4 Å². The highest BCUT2D eigenvalue weighted by atomic mass is 16.6. The molecule has 3 aliphatic heterocycles.